The molecule has 0 saturated heterocycles. The summed E-state index contributed by atoms with van der Waals surface area (Å²) >= 11 is 0. The van der Waals surface area contributed by atoms with Crippen molar-refractivity contribution in [2.24, 2.45) is 17.3 Å². The highest BCUT2D eigenvalue weighted by Crippen LogP contribution is 2.53. The number of carbonyl (C=O) groups excluding carboxylic acids is 3. The minimum Gasteiger partial charge on any atom is -0.307 e. The molecule has 1 aliphatic carbocycles. The predicted octanol–water partition coefficient (Wildman–Crippen LogP) is 3.59. The number of rotatable bonds is 4. The van der Waals surface area contributed by atoms with Gasteiger partial charge in [-0.15, -0.1) is 0 Å². The van der Waals surface area contributed by atoms with Crippen LogP contribution in [0.2, 0.25) is 0 Å². The van der Waals surface area contributed by atoms with Crippen LogP contribution < -0.4 is 10.6 Å². The molecule has 0 aliphatic heterocycles. The number of para-hydroxylation sites is 1. The van der Waals surface area contributed by atoms with Gasteiger partial charge in [-0.2, -0.15) is 0 Å². The molecular weight excluding hydrogens is 304 g/mol. The summed E-state index contributed by atoms with van der Waals surface area (Å²) in [6.07, 6.45) is 0.977. The zero-order valence-electron chi connectivity index (χ0n) is 15.0. The van der Waals surface area contributed by atoms with Crippen molar-refractivity contribution in [2.75, 3.05) is 5.32 Å². The molecule has 0 bridgehead atoms. The number of aryl methyl sites for hydroxylation is 2. The predicted molar refractivity (Wildman–Crippen MR) is 93.8 cm³/mol. The first-order valence-electron chi connectivity index (χ1n) is 8.30. The highest BCUT2D eigenvalue weighted by Gasteiger charge is 2.50. The number of nitrogens with one attached hydrogen (secondary N) is 2. The van der Waals surface area contributed by atoms with Crippen molar-refractivity contribution in [2.45, 2.75) is 47.5 Å². The zero-order chi connectivity index (χ0) is 18.1. The number of urea groups is 1. The molecule has 0 radical (unpaired) electrons. The second-order valence-corrected chi connectivity index (χ2v) is 7.39. The van der Waals surface area contributed by atoms with E-state index in [9.17, 15) is 14.4 Å². The molecule has 2 unspecified atom stereocenters. The van der Waals surface area contributed by atoms with Gasteiger partial charge in [-0.1, -0.05) is 32.0 Å². The van der Waals surface area contributed by atoms with Gasteiger partial charge in [0.1, 0.15) is 5.78 Å². The van der Waals surface area contributed by atoms with Crippen molar-refractivity contribution < 1.29 is 14.4 Å². The van der Waals surface area contributed by atoms with Crippen LogP contribution in [0.3, 0.4) is 0 Å². The Hall–Kier alpha value is -2.17. The average molecular weight is 330 g/mol. The van der Waals surface area contributed by atoms with E-state index in [1.807, 2.05) is 45.9 Å². The van der Waals surface area contributed by atoms with Crippen molar-refractivity contribution in [3.63, 3.8) is 0 Å². The molecule has 24 heavy (non-hydrogen) atoms. The number of imide groups is 1. The van der Waals surface area contributed by atoms with Crippen LogP contribution in [0.25, 0.3) is 0 Å². The molecule has 3 amide bonds. The highest BCUT2D eigenvalue weighted by molar-refractivity contribution is 6.02. The van der Waals surface area contributed by atoms with Crippen molar-refractivity contribution in [3.8, 4) is 0 Å². The summed E-state index contributed by atoms with van der Waals surface area (Å²) in [6, 6.07) is 5.22. The number of hydrogen-bond donors (Lipinski definition) is 2. The van der Waals surface area contributed by atoms with E-state index in [1.165, 1.54) is 0 Å². The SMILES string of the molecule is CC(=O)C1CC(CC(=O)NC(=O)Nc2c(C)cccc2C)C1(C)C. The fourth-order valence-corrected chi connectivity index (χ4v) is 3.61. The van der Waals surface area contributed by atoms with E-state index >= 15 is 0 Å². The third-order valence-corrected chi connectivity index (χ3v) is 5.37. The van der Waals surface area contributed by atoms with Gasteiger partial charge < -0.3 is 5.32 Å². The molecule has 1 fully saturated rings. The second kappa shape index (κ2) is 6.75. The van der Waals surface area contributed by atoms with Gasteiger partial charge in [0.25, 0.3) is 0 Å². The van der Waals surface area contributed by atoms with E-state index in [1.54, 1.807) is 6.92 Å². The van der Waals surface area contributed by atoms with Crippen LogP contribution in [0.4, 0.5) is 10.5 Å². The molecule has 2 N–H and O–H groups in total. The monoisotopic (exact) mass is 330 g/mol. The van der Waals surface area contributed by atoms with Crippen molar-refractivity contribution in [1.29, 1.82) is 0 Å². The largest absolute Gasteiger partial charge is 0.325 e. The van der Waals surface area contributed by atoms with Crippen molar-refractivity contribution >= 4 is 23.4 Å². The zero-order valence-corrected chi connectivity index (χ0v) is 15.0. The Balaban J connectivity index is 1.89. The van der Waals surface area contributed by atoms with Crippen LogP contribution in [0.1, 0.15) is 44.7 Å². The van der Waals surface area contributed by atoms with Crippen LogP contribution >= 0.6 is 0 Å². The van der Waals surface area contributed by atoms with Gasteiger partial charge in [-0.3, -0.25) is 14.9 Å². The number of Topliss-reactive ketones (excluding diaryl/α,β-unsaturated/α-hetero) is 1. The van der Waals surface area contributed by atoms with Crippen LogP contribution in [0, 0.1) is 31.1 Å². The Morgan fingerprint density at radius 2 is 1.75 bits per heavy atom. The van der Waals surface area contributed by atoms with Crippen LogP contribution in [-0.2, 0) is 9.59 Å². The van der Waals surface area contributed by atoms with Crippen LogP contribution in [-0.4, -0.2) is 17.7 Å². The first-order chi connectivity index (χ1) is 11.1. The van der Waals surface area contributed by atoms with E-state index in [-0.39, 0.29) is 35.4 Å². The summed E-state index contributed by atoms with van der Waals surface area (Å²) in [7, 11) is 0. The minimum atomic E-state index is -0.516. The molecule has 1 saturated carbocycles. The Morgan fingerprint density at radius 3 is 2.25 bits per heavy atom. The topological polar surface area (TPSA) is 75.3 Å². The van der Waals surface area contributed by atoms with E-state index in [4.69, 9.17) is 0 Å². The van der Waals surface area contributed by atoms with Gasteiger partial charge in [0, 0.05) is 18.0 Å². The Morgan fingerprint density at radius 1 is 1.17 bits per heavy atom. The van der Waals surface area contributed by atoms with Crippen LogP contribution in [0.15, 0.2) is 18.2 Å². The van der Waals surface area contributed by atoms with Gasteiger partial charge >= 0.3 is 6.03 Å². The average Bonchev–Trinajstić information content (AvgIpc) is 2.46. The summed E-state index contributed by atoms with van der Waals surface area (Å²) in [5, 5.41) is 5.13. The summed E-state index contributed by atoms with van der Waals surface area (Å²) < 4.78 is 0. The summed E-state index contributed by atoms with van der Waals surface area (Å²) in [4.78, 5) is 35.7. The quantitative estimate of drug-likeness (QED) is 0.886. The van der Waals surface area contributed by atoms with Gasteiger partial charge in [0.2, 0.25) is 5.91 Å². The maximum absolute atomic E-state index is 12.1. The van der Waals surface area contributed by atoms with Gasteiger partial charge in [-0.25, -0.2) is 4.79 Å². The second-order valence-electron chi connectivity index (χ2n) is 7.39. The van der Waals surface area contributed by atoms with Crippen molar-refractivity contribution in [3.05, 3.63) is 29.3 Å². The molecule has 0 spiro atoms. The summed E-state index contributed by atoms with van der Waals surface area (Å²) in [6.45, 7) is 9.43. The lowest BCUT2D eigenvalue weighted by Crippen LogP contribution is -2.50. The van der Waals surface area contributed by atoms with Crippen LogP contribution in [0.5, 0.6) is 0 Å². The lowest BCUT2D eigenvalue weighted by atomic mass is 9.52. The minimum absolute atomic E-state index is 0.0127. The molecule has 5 heteroatoms. The smallest absolute Gasteiger partial charge is 0.307 e. The maximum Gasteiger partial charge on any atom is 0.325 e. The third-order valence-electron chi connectivity index (χ3n) is 5.37. The Labute approximate surface area is 143 Å². The van der Waals surface area contributed by atoms with Gasteiger partial charge in [0.05, 0.1) is 0 Å². The Bertz CT molecular complexity index is 659. The first-order valence-corrected chi connectivity index (χ1v) is 8.30. The third kappa shape index (κ3) is 3.66. The normalized spacial score (nSPS) is 21.5. The number of anilines is 1. The summed E-state index contributed by atoms with van der Waals surface area (Å²) in [5.41, 5.74) is 2.43. The number of amides is 3. The van der Waals surface area contributed by atoms with E-state index in [0.29, 0.717) is 6.42 Å². The lowest BCUT2D eigenvalue weighted by molar-refractivity contribution is -0.140. The standard InChI is InChI=1S/C19H26N2O3/c1-11-7-6-8-12(2)17(11)21-18(24)20-16(23)10-14-9-15(13(3)22)19(14,4)5/h6-8,14-15H,9-10H2,1-5H3,(H2,20,21,23,24). The molecule has 5 nitrogen and oxygen atoms in total. The highest BCUT2D eigenvalue weighted by atomic mass is 16.2. The molecule has 0 heterocycles. The fourth-order valence-electron chi connectivity index (χ4n) is 3.61. The maximum atomic E-state index is 12.1. The van der Waals surface area contributed by atoms with Gasteiger partial charge in [-0.05, 0) is 49.7 Å². The molecule has 2 atom stereocenters. The first kappa shape index (κ1) is 18.2. The fraction of sp³-hybridized carbons (Fsp3) is 0.526. The van der Waals surface area contributed by atoms with E-state index in [0.717, 1.165) is 16.8 Å². The molecule has 2 rings (SSSR count). The number of ketones is 1. The number of benzene rings is 1. The lowest BCUT2D eigenvalue weighted by Gasteiger charge is -2.51. The molecular formula is C19H26N2O3. The molecule has 1 aromatic carbocycles. The van der Waals surface area contributed by atoms with Gasteiger partial charge in [0.15, 0.2) is 0 Å². The van der Waals surface area contributed by atoms with Crippen molar-refractivity contribution in [1.82, 2.24) is 5.32 Å². The molecule has 0 aromatic heterocycles. The molecule has 1 aromatic rings. The Kier molecular flexibility index (Phi) is 5.11. The summed E-state index contributed by atoms with van der Waals surface area (Å²) in [5.74, 6) is 0.00128. The molecule has 1 aliphatic rings. The number of hydrogen-bond acceptors (Lipinski definition) is 3. The number of carbonyl (C=O) groups is 3. The molecule has 130 valence electrons. The van der Waals surface area contributed by atoms with E-state index in [2.05, 4.69) is 10.6 Å². The van der Waals surface area contributed by atoms with E-state index < -0.39 is 6.03 Å².